The van der Waals surface area contributed by atoms with Crippen LogP contribution in [0.3, 0.4) is 0 Å². The Morgan fingerprint density at radius 3 is 2.46 bits per heavy atom. The summed E-state index contributed by atoms with van der Waals surface area (Å²) in [7, 11) is 0. The van der Waals surface area contributed by atoms with E-state index in [0.29, 0.717) is 11.6 Å². The van der Waals surface area contributed by atoms with E-state index in [0.717, 1.165) is 35.5 Å². The number of rotatable bonds is 7. The van der Waals surface area contributed by atoms with E-state index in [9.17, 15) is 4.79 Å². The third kappa shape index (κ3) is 4.78. The molecule has 0 bridgehead atoms. The van der Waals surface area contributed by atoms with Crippen LogP contribution in [0.1, 0.15) is 53.5 Å². The molecule has 2 aromatic rings. The second-order valence-corrected chi connectivity index (χ2v) is 6.07. The Labute approximate surface area is 143 Å². The van der Waals surface area contributed by atoms with Crippen LogP contribution in [0.2, 0.25) is 0 Å². The highest BCUT2D eigenvalue weighted by atomic mass is 16.1. The lowest BCUT2D eigenvalue weighted by atomic mass is 10.1. The quantitative estimate of drug-likeness (QED) is 0.746. The number of aryl methyl sites for hydroxylation is 3. The fourth-order valence-electron chi connectivity index (χ4n) is 2.53. The van der Waals surface area contributed by atoms with Crippen molar-refractivity contribution in [2.75, 3.05) is 17.2 Å². The number of anilines is 2. The van der Waals surface area contributed by atoms with E-state index in [2.05, 4.69) is 27.5 Å². The molecular weight excluding hydrogens is 300 g/mol. The summed E-state index contributed by atoms with van der Waals surface area (Å²) in [5, 5.41) is 6.17. The fraction of sp³-hybridized carbons (Fsp3) is 0.421. The second kappa shape index (κ2) is 8.43. The summed E-state index contributed by atoms with van der Waals surface area (Å²) in [4.78, 5) is 21.3. The van der Waals surface area contributed by atoms with Gasteiger partial charge in [0.2, 0.25) is 5.95 Å². The molecule has 2 rings (SSSR count). The van der Waals surface area contributed by atoms with Gasteiger partial charge in [-0.1, -0.05) is 38.0 Å². The van der Waals surface area contributed by atoms with Crippen molar-refractivity contribution in [1.82, 2.24) is 9.97 Å². The molecule has 24 heavy (non-hydrogen) atoms. The molecule has 0 aliphatic rings. The zero-order valence-electron chi connectivity index (χ0n) is 14.9. The van der Waals surface area contributed by atoms with Gasteiger partial charge in [-0.25, -0.2) is 9.97 Å². The molecule has 0 atom stereocenters. The molecule has 2 N–H and O–H groups in total. The number of aromatic nitrogens is 2. The van der Waals surface area contributed by atoms with Gasteiger partial charge in [0.15, 0.2) is 0 Å². The van der Waals surface area contributed by atoms with Crippen molar-refractivity contribution in [3.05, 3.63) is 46.8 Å². The number of carbonyl (C=O) groups is 1. The van der Waals surface area contributed by atoms with Crippen molar-refractivity contribution in [2.24, 2.45) is 0 Å². The predicted octanol–water partition coefficient (Wildman–Crippen LogP) is 4.26. The number of hydrogen-bond donors (Lipinski definition) is 2. The first-order valence-electron chi connectivity index (χ1n) is 8.48. The number of unbranched alkanes of at least 4 members (excludes halogenated alkanes) is 2. The zero-order valence-corrected chi connectivity index (χ0v) is 14.9. The first-order chi connectivity index (χ1) is 11.5. The molecular formula is C19H26N4O. The van der Waals surface area contributed by atoms with E-state index >= 15 is 0 Å². The van der Waals surface area contributed by atoms with Gasteiger partial charge in [-0.15, -0.1) is 0 Å². The summed E-state index contributed by atoms with van der Waals surface area (Å²) in [5.41, 5.74) is 4.06. The average molecular weight is 326 g/mol. The maximum atomic E-state index is 12.6. The van der Waals surface area contributed by atoms with Crippen LogP contribution in [0.5, 0.6) is 0 Å². The smallest absolute Gasteiger partial charge is 0.274 e. The number of amides is 1. The summed E-state index contributed by atoms with van der Waals surface area (Å²) in [6.07, 6.45) is 3.40. The Morgan fingerprint density at radius 2 is 1.79 bits per heavy atom. The third-order valence-electron chi connectivity index (χ3n) is 3.87. The predicted molar refractivity (Wildman–Crippen MR) is 98.7 cm³/mol. The van der Waals surface area contributed by atoms with E-state index in [4.69, 9.17) is 0 Å². The number of hydrogen-bond acceptors (Lipinski definition) is 4. The normalized spacial score (nSPS) is 10.5. The van der Waals surface area contributed by atoms with Crippen LogP contribution < -0.4 is 10.6 Å². The van der Waals surface area contributed by atoms with Crippen molar-refractivity contribution in [3.63, 3.8) is 0 Å². The van der Waals surface area contributed by atoms with Gasteiger partial charge in [0, 0.05) is 17.9 Å². The van der Waals surface area contributed by atoms with Crippen LogP contribution in [0.25, 0.3) is 0 Å². The first-order valence-corrected chi connectivity index (χ1v) is 8.48. The topological polar surface area (TPSA) is 66.9 Å². The minimum absolute atomic E-state index is 0.213. The highest BCUT2D eigenvalue weighted by molar-refractivity contribution is 6.03. The minimum Gasteiger partial charge on any atom is -0.354 e. The summed E-state index contributed by atoms with van der Waals surface area (Å²) in [5.74, 6) is 0.298. The lowest BCUT2D eigenvalue weighted by Gasteiger charge is -2.12. The molecule has 128 valence electrons. The first kappa shape index (κ1) is 17.9. The minimum atomic E-state index is -0.213. The van der Waals surface area contributed by atoms with Gasteiger partial charge < -0.3 is 10.6 Å². The maximum Gasteiger partial charge on any atom is 0.274 e. The van der Waals surface area contributed by atoms with E-state index in [1.807, 2.05) is 39.0 Å². The summed E-state index contributed by atoms with van der Waals surface area (Å²) >= 11 is 0. The van der Waals surface area contributed by atoms with E-state index in [1.54, 1.807) is 6.07 Å². The zero-order chi connectivity index (χ0) is 17.5. The highest BCUT2D eigenvalue weighted by Crippen LogP contribution is 2.20. The number of nitrogens with zero attached hydrogens (tertiary/aromatic N) is 2. The van der Waals surface area contributed by atoms with Gasteiger partial charge in [-0.05, 0) is 44.4 Å². The number of benzene rings is 1. The van der Waals surface area contributed by atoms with Crippen molar-refractivity contribution in [2.45, 2.75) is 47.0 Å². The molecule has 0 aliphatic heterocycles. The molecule has 0 unspecified atom stereocenters. The van der Waals surface area contributed by atoms with Crippen LogP contribution in [-0.2, 0) is 0 Å². The molecule has 0 saturated carbocycles. The Morgan fingerprint density at radius 1 is 1.08 bits per heavy atom. The Bertz CT molecular complexity index is 692. The molecule has 0 radical (unpaired) electrons. The monoisotopic (exact) mass is 326 g/mol. The summed E-state index contributed by atoms with van der Waals surface area (Å²) < 4.78 is 0. The molecule has 1 aromatic carbocycles. The molecule has 1 amide bonds. The van der Waals surface area contributed by atoms with E-state index in [-0.39, 0.29) is 5.91 Å². The van der Waals surface area contributed by atoms with Crippen LogP contribution in [0, 0.1) is 20.8 Å². The number of carbonyl (C=O) groups excluding carboxylic acids is 1. The molecule has 5 heteroatoms. The molecule has 5 nitrogen and oxygen atoms in total. The van der Waals surface area contributed by atoms with Crippen LogP contribution in [-0.4, -0.2) is 22.4 Å². The standard InChI is InChI=1S/C19H26N4O/c1-5-6-7-11-20-19-21-15(4)12-16(22-19)18(24)23-17-13(2)9-8-10-14(17)3/h8-10,12H,5-7,11H2,1-4H3,(H,23,24)(H,20,21,22). The lowest BCUT2D eigenvalue weighted by Crippen LogP contribution is -2.17. The maximum absolute atomic E-state index is 12.6. The fourth-order valence-corrected chi connectivity index (χ4v) is 2.53. The lowest BCUT2D eigenvalue weighted by molar-refractivity contribution is 0.102. The number of nitrogens with one attached hydrogen (secondary N) is 2. The second-order valence-electron chi connectivity index (χ2n) is 6.07. The SMILES string of the molecule is CCCCCNc1nc(C)cc(C(=O)Nc2c(C)cccc2C)n1. The van der Waals surface area contributed by atoms with Gasteiger partial charge in [0.05, 0.1) is 0 Å². The molecule has 1 aromatic heterocycles. The van der Waals surface area contributed by atoms with Gasteiger partial charge in [-0.3, -0.25) is 4.79 Å². The van der Waals surface area contributed by atoms with Gasteiger partial charge in [0.25, 0.3) is 5.91 Å². The van der Waals surface area contributed by atoms with Gasteiger partial charge in [-0.2, -0.15) is 0 Å². The average Bonchev–Trinajstić information content (AvgIpc) is 2.54. The number of para-hydroxylation sites is 1. The Balaban J connectivity index is 2.13. The Kier molecular flexibility index (Phi) is 6.29. The highest BCUT2D eigenvalue weighted by Gasteiger charge is 2.13. The summed E-state index contributed by atoms with van der Waals surface area (Å²) in [6.45, 7) is 8.81. The molecule has 1 heterocycles. The van der Waals surface area contributed by atoms with E-state index < -0.39 is 0 Å². The molecule has 0 fully saturated rings. The van der Waals surface area contributed by atoms with Crippen molar-refractivity contribution < 1.29 is 4.79 Å². The third-order valence-corrected chi connectivity index (χ3v) is 3.87. The van der Waals surface area contributed by atoms with Gasteiger partial charge in [0.1, 0.15) is 5.69 Å². The van der Waals surface area contributed by atoms with Crippen LogP contribution >= 0.6 is 0 Å². The van der Waals surface area contributed by atoms with Crippen LogP contribution in [0.4, 0.5) is 11.6 Å². The largest absolute Gasteiger partial charge is 0.354 e. The van der Waals surface area contributed by atoms with Crippen molar-refractivity contribution in [1.29, 1.82) is 0 Å². The van der Waals surface area contributed by atoms with Gasteiger partial charge >= 0.3 is 0 Å². The summed E-state index contributed by atoms with van der Waals surface area (Å²) in [6, 6.07) is 7.65. The van der Waals surface area contributed by atoms with Crippen LogP contribution in [0.15, 0.2) is 24.3 Å². The van der Waals surface area contributed by atoms with Crippen molar-refractivity contribution >= 4 is 17.5 Å². The van der Waals surface area contributed by atoms with Crippen molar-refractivity contribution in [3.8, 4) is 0 Å². The molecule has 0 saturated heterocycles. The Hall–Kier alpha value is -2.43. The molecule has 0 aliphatic carbocycles. The molecule has 0 spiro atoms. The van der Waals surface area contributed by atoms with E-state index in [1.165, 1.54) is 12.8 Å².